The molecule has 1 amide bonds. The maximum atomic E-state index is 13.5. The molecule has 1 aromatic heterocycles. The van der Waals surface area contributed by atoms with E-state index < -0.39 is 10.0 Å². The van der Waals surface area contributed by atoms with Gasteiger partial charge in [-0.15, -0.1) is 15.7 Å². The van der Waals surface area contributed by atoms with Crippen LogP contribution in [0, 0.1) is 0 Å². The molecule has 0 radical (unpaired) electrons. The Labute approximate surface area is 173 Å². The fourth-order valence-corrected chi connectivity index (χ4v) is 6.10. The molecule has 29 heavy (non-hydrogen) atoms. The van der Waals surface area contributed by atoms with E-state index in [2.05, 4.69) is 4.40 Å². The molecule has 1 aromatic carbocycles. The van der Waals surface area contributed by atoms with Gasteiger partial charge in [-0.25, -0.2) is 13.4 Å². The van der Waals surface area contributed by atoms with Crippen molar-refractivity contribution in [3.8, 4) is 0 Å². The van der Waals surface area contributed by atoms with Gasteiger partial charge in [0.2, 0.25) is 0 Å². The van der Waals surface area contributed by atoms with Gasteiger partial charge in [0.05, 0.1) is 27.6 Å². The van der Waals surface area contributed by atoms with Crippen LogP contribution in [0.2, 0.25) is 0 Å². The van der Waals surface area contributed by atoms with Gasteiger partial charge in [-0.1, -0.05) is 12.1 Å². The van der Waals surface area contributed by atoms with Crippen molar-refractivity contribution in [2.45, 2.75) is 25.3 Å². The highest BCUT2D eigenvalue weighted by atomic mass is 32.2. The predicted octanol–water partition coefficient (Wildman–Crippen LogP) is 2.85. The first kappa shape index (κ1) is 18.5. The number of fused-ring (bicyclic) bond motifs is 2. The second-order valence-electron chi connectivity index (χ2n) is 7.35. The van der Waals surface area contributed by atoms with Crippen molar-refractivity contribution >= 4 is 43.3 Å². The number of para-hydroxylation sites is 1. The van der Waals surface area contributed by atoms with Gasteiger partial charge >= 0.3 is 0 Å². The summed E-state index contributed by atoms with van der Waals surface area (Å²) in [5, 5.41) is 0.932. The minimum atomic E-state index is -3.54. The molecule has 1 atom stereocenters. The first-order chi connectivity index (χ1) is 14.0. The van der Waals surface area contributed by atoms with Crippen molar-refractivity contribution in [3.05, 3.63) is 53.2 Å². The molecule has 4 heterocycles. The van der Waals surface area contributed by atoms with Crippen molar-refractivity contribution in [1.82, 2.24) is 14.8 Å². The number of sulfonamides is 1. The molecular formula is C20H20N4O3S2. The smallest absolute Gasteiger partial charge is 0.258 e. The second kappa shape index (κ2) is 7.07. The summed E-state index contributed by atoms with van der Waals surface area (Å²) in [7, 11) is -3.54. The van der Waals surface area contributed by atoms with Crippen molar-refractivity contribution in [1.29, 1.82) is 0 Å². The number of allylic oxidation sites excluding steroid dienone is 2. The fraction of sp³-hybridized carbons (Fsp3) is 0.350. The van der Waals surface area contributed by atoms with Gasteiger partial charge in [0.15, 0.2) is 5.84 Å². The van der Waals surface area contributed by atoms with Crippen molar-refractivity contribution in [2.75, 3.05) is 18.8 Å². The summed E-state index contributed by atoms with van der Waals surface area (Å²) in [6, 6.07) is 7.88. The molecule has 0 spiro atoms. The number of benzene rings is 1. The highest BCUT2D eigenvalue weighted by Gasteiger charge is 2.36. The third-order valence-electron chi connectivity index (χ3n) is 5.45. The fourth-order valence-electron chi connectivity index (χ4n) is 4.00. The number of carbonyl (C=O) groups is 1. The van der Waals surface area contributed by atoms with Gasteiger partial charge in [-0.05, 0) is 43.5 Å². The molecular weight excluding hydrogens is 408 g/mol. The molecule has 5 rings (SSSR count). The Morgan fingerprint density at radius 3 is 2.90 bits per heavy atom. The molecule has 9 heteroatoms. The van der Waals surface area contributed by atoms with Crippen LogP contribution in [0.25, 0.3) is 10.2 Å². The largest absolute Gasteiger partial charge is 0.331 e. The van der Waals surface area contributed by atoms with E-state index in [4.69, 9.17) is 4.98 Å². The third kappa shape index (κ3) is 3.38. The molecule has 1 fully saturated rings. The summed E-state index contributed by atoms with van der Waals surface area (Å²) in [4.78, 5) is 21.9. The Bertz CT molecular complexity index is 1150. The van der Waals surface area contributed by atoms with Crippen LogP contribution in [-0.2, 0) is 14.8 Å². The van der Waals surface area contributed by atoms with Crippen molar-refractivity contribution < 1.29 is 13.2 Å². The van der Waals surface area contributed by atoms with E-state index in [-0.39, 0.29) is 23.5 Å². The zero-order chi connectivity index (χ0) is 20.0. The molecule has 0 N–H and O–H groups in total. The average Bonchev–Trinajstić information content (AvgIpc) is 3.16. The summed E-state index contributed by atoms with van der Waals surface area (Å²) < 4.78 is 29.1. The monoisotopic (exact) mass is 428 g/mol. The zero-order valence-electron chi connectivity index (χ0n) is 15.7. The van der Waals surface area contributed by atoms with Crippen LogP contribution in [-0.4, -0.2) is 53.8 Å². The first-order valence-electron chi connectivity index (χ1n) is 9.66. The van der Waals surface area contributed by atoms with Crippen LogP contribution >= 0.6 is 11.3 Å². The number of thiazole rings is 1. The molecule has 2 aromatic rings. The Morgan fingerprint density at radius 2 is 2.03 bits per heavy atom. The lowest BCUT2D eigenvalue weighted by Crippen LogP contribution is -2.45. The average molecular weight is 429 g/mol. The van der Waals surface area contributed by atoms with Gasteiger partial charge in [0.25, 0.3) is 15.9 Å². The highest BCUT2D eigenvalue weighted by Crippen LogP contribution is 2.37. The lowest BCUT2D eigenvalue weighted by molar-refractivity contribution is -0.130. The minimum Gasteiger partial charge on any atom is -0.331 e. The summed E-state index contributed by atoms with van der Waals surface area (Å²) in [6.07, 6.45) is 8.02. The van der Waals surface area contributed by atoms with Gasteiger partial charge in [-0.2, -0.15) is 0 Å². The molecule has 3 aliphatic rings. The van der Waals surface area contributed by atoms with Crippen LogP contribution in [0.4, 0.5) is 0 Å². The standard InChI is InChI=1S/C20H20N4O3S2/c25-20(14-6-5-10-23-12-13-29(26,27)22-18(14)23)24-11-4-3-8-16(24)19-21-15-7-1-2-9-17(15)28-19/h1-2,5-7,9-10,16H,3-4,8,11-13H2. The summed E-state index contributed by atoms with van der Waals surface area (Å²) >= 11 is 1.62. The van der Waals surface area contributed by atoms with Crippen LogP contribution in [0.3, 0.4) is 0 Å². The van der Waals surface area contributed by atoms with Crippen molar-refractivity contribution in [2.24, 2.45) is 4.40 Å². The Kier molecular flexibility index (Phi) is 4.51. The topological polar surface area (TPSA) is 82.9 Å². The molecule has 150 valence electrons. The molecule has 0 bridgehead atoms. The number of nitrogens with zero attached hydrogens (tertiary/aromatic N) is 4. The number of likely N-dealkylation sites (tertiary alicyclic amines) is 1. The SMILES string of the molecule is O=C(C1=CC=CN2CCS(=O)(=O)N=C12)N1CCCCC1c1nc2ccccc2s1. The second-order valence-corrected chi connectivity index (χ2v) is 10.2. The van der Waals surface area contributed by atoms with E-state index in [1.165, 1.54) is 0 Å². The normalized spacial score (nSPS) is 23.5. The van der Waals surface area contributed by atoms with E-state index in [9.17, 15) is 13.2 Å². The lowest BCUT2D eigenvalue weighted by Gasteiger charge is -2.37. The predicted molar refractivity (Wildman–Crippen MR) is 113 cm³/mol. The van der Waals surface area contributed by atoms with Crippen LogP contribution in [0.15, 0.2) is 52.6 Å². The Hall–Kier alpha value is -2.52. The van der Waals surface area contributed by atoms with E-state index >= 15 is 0 Å². The van der Waals surface area contributed by atoms with Crippen LogP contribution in [0.1, 0.15) is 30.3 Å². The number of carbonyl (C=O) groups excluding carboxylic acids is 1. The van der Waals surface area contributed by atoms with Gasteiger partial charge in [0, 0.05) is 19.3 Å². The van der Waals surface area contributed by atoms with E-state index in [0.29, 0.717) is 18.7 Å². The highest BCUT2D eigenvalue weighted by molar-refractivity contribution is 7.90. The van der Waals surface area contributed by atoms with Gasteiger partial charge in [0.1, 0.15) is 5.01 Å². The quantitative estimate of drug-likeness (QED) is 0.735. The number of amidine groups is 1. The van der Waals surface area contributed by atoms with Crippen LogP contribution < -0.4 is 0 Å². The number of hydrogen-bond acceptors (Lipinski definition) is 6. The summed E-state index contributed by atoms with van der Waals surface area (Å²) in [5.41, 5.74) is 1.28. The maximum Gasteiger partial charge on any atom is 0.258 e. The molecule has 3 aliphatic heterocycles. The molecule has 1 saturated heterocycles. The minimum absolute atomic E-state index is 0.0413. The Balaban J connectivity index is 1.51. The van der Waals surface area contributed by atoms with E-state index in [0.717, 1.165) is 34.5 Å². The summed E-state index contributed by atoms with van der Waals surface area (Å²) in [6.45, 7) is 0.935. The van der Waals surface area contributed by atoms with E-state index in [1.807, 2.05) is 29.2 Å². The molecule has 7 nitrogen and oxygen atoms in total. The molecule has 0 aliphatic carbocycles. The zero-order valence-corrected chi connectivity index (χ0v) is 17.3. The summed E-state index contributed by atoms with van der Waals surface area (Å²) in [5.74, 6) is 0.0110. The number of piperidine rings is 1. The van der Waals surface area contributed by atoms with Crippen LogP contribution in [0.5, 0.6) is 0 Å². The number of rotatable bonds is 2. The first-order valence-corrected chi connectivity index (χ1v) is 12.1. The molecule has 0 saturated carbocycles. The maximum absolute atomic E-state index is 13.5. The Morgan fingerprint density at radius 1 is 1.17 bits per heavy atom. The lowest BCUT2D eigenvalue weighted by atomic mass is 10.00. The number of amides is 1. The molecule has 1 unspecified atom stereocenters. The number of hydrogen-bond donors (Lipinski definition) is 0. The third-order valence-corrected chi connectivity index (χ3v) is 7.73. The van der Waals surface area contributed by atoms with Gasteiger partial charge in [-0.3, -0.25) is 4.79 Å². The van der Waals surface area contributed by atoms with Gasteiger partial charge < -0.3 is 9.80 Å². The van der Waals surface area contributed by atoms with E-state index in [1.54, 1.807) is 34.6 Å². The van der Waals surface area contributed by atoms with Crippen molar-refractivity contribution in [3.63, 3.8) is 0 Å². The number of aromatic nitrogens is 1.